The number of rotatable bonds is 3. The van der Waals surface area contributed by atoms with E-state index < -0.39 is 17.4 Å². The number of nitrogens with zero attached hydrogens (tertiary/aromatic N) is 2. The second-order valence-electron chi connectivity index (χ2n) is 9.82. The van der Waals surface area contributed by atoms with Gasteiger partial charge in [-0.2, -0.15) is 0 Å². The second kappa shape index (κ2) is 6.76. The fraction of sp³-hybridized carbons (Fsp3) is 0.321. The minimum atomic E-state index is -1.09. The third kappa shape index (κ3) is 2.22. The van der Waals surface area contributed by atoms with Crippen molar-refractivity contribution >= 4 is 28.4 Å². The van der Waals surface area contributed by atoms with Crippen molar-refractivity contribution in [3.8, 4) is 5.75 Å². The number of hydrogen-bond donors (Lipinski definition) is 0. The summed E-state index contributed by atoms with van der Waals surface area (Å²) in [4.78, 5) is 45.6. The predicted octanol–water partition coefficient (Wildman–Crippen LogP) is 3.52. The molecule has 0 saturated carbocycles. The number of carbonyl (C=O) groups is 3. The van der Waals surface area contributed by atoms with Gasteiger partial charge in [-0.25, -0.2) is 0 Å². The lowest BCUT2D eigenvalue weighted by molar-refractivity contribution is -0.142. The third-order valence-corrected chi connectivity index (χ3v) is 8.47. The van der Waals surface area contributed by atoms with Crippen molar-refractivity contribution in [3.63, 3.8) is 0 Å². The van der Waals surface area contributed by atoms with Crippen molar-refractivity contribution < 1.29 is 19.1 Å². The number of Topliss-reactive ketones (excluding diaryl/α,β-unsaturated/α-hetero) is 1. The molecule has 3 saturated heterocycles. The second-order valence-corrected chi connectivity index (χ2v) is 9.82. The zero-order valence-corrected chi connectivity index (χ0v) is 18.9. The first-order chi connectivity index (χ1) is 16.6. The molecule has 1 spiro atoms. The van der Waals surface area contributed by atoms with Gasteiger partial charge in [0.15, 0.2) is 5.78 Å². The van der Waals surface area contributed by atoms with Crippen molar-refractivity contribution in [2.45, 2.75) is 31.0 Å². The van der Waals surface area contributed by atoms with Crippen LogP contribution in [0.15, 0.2) is 60.7 Å². The summed E-state index contributed by atoms with van der Waals surface area (Å²) < 4.78 is 5.23. The zero-order valence-electron chi connectivity index (χ0n) is 18.9. The van der Waals surface area contributed by atoms with Crippen molar-refractivity contribution in [1.29, 1.82) is 0 Å². The summed E-state index contributed by atoms with van der Waals surface area (Å²) in [6.07, 6.45) is 1.76. The summed E-state index contributed by atoms with van der Waals surface area (Å²) in [5.74, 6) is -0.835. The number of ketones is 1. The first-order valence-electron chi connectivity index (χ1n) is 11.9. The number of benzene rings is 3. The van der Waals surface area contributed by atoms with Crippen molar-refractivity contribution in [3.05, 3.63) is 77.4 Å². The van der Waals surface area contributed by atoms with Crippen LogP contribution in [0.1, 0.15) is 34.3 Å². The molecule has 3 aliphatic heterocycles. The van der Waals surface area contributed by atoms with Gasteiger partial charge in [0.05, 0.1) is 25.5 Å². The Hall–Kier alpha value is -3.51. The molecule has 34 heavy (non-hydrogen) atoms. The molecule has 3 aromatic rings. The molecule has 7 rings (SSSR count). The number of likely N-dealkylation sites (tertiary alicyclic amines) is 1. The maximum Gasteiger partial charge on any atom is 0.236 e. The van der Waals surface area contributed by atoms with Crippen LogP contribution in [-0.2, 0) is 21.7 Å². The smallest absolute Gasteiger partial charge is 0.236 e. The molecule has 4 aliphatic rings. The first kappa shape index (κ1) is 19.9. The summed E-state index contributed by atoms with van der Waals surface area (Å²) >= 11 is 0. The quantitative estimate of drug-likeness (QED) is 0.569. The van der Waals surface area contributed by atoms with Gasteiger partial charge in [-0.1, -0.05) is 48.5 Å². The topological polar surface area (TPSA) is 66.9 Å². The fourth-order valence-corrected chi connectivity index (χ4v) is 7.20. The van der Waals surface area contributed by atoms with E-state index in [1.807, 2.05) is 60.7 Å². The van der Waals surface area contributed by atoms with Crippen molar-refractivity contribution in [2.75, 3.05) is 13.7 Å². The van der Waals surface area contributed by atoms with Crippen LogP contribution in [0.4, 0.5) is 0 Å². The van der Waals surface area contributed by atoms with Crippen LogP contribution in [-0.4, -0.2) is 47.1 Å². The number of amides is 2. The Balaban J connectivity index is 1.37. The van der Waals surface area contributed by atoms with E-state index in [4.69, 9.17) is 4.74 Å². The van der Waals surface area contributed by atoms with E-state index in [1.54, 1.807) is 7.11 Å². The average molecular weight is 453 g/mol. The molecule has 1 aliphatic carbocycles. The third-order valence-electron chi connectivity index (χ3n) is 8.47. The van der Waals surface area contributed by atoms with Crippen LogP contribution in [0.5, 0.6) is 5.75 Å². The molecule has 2 amide bonds. The molecule has 0 aromatic heterocycles. The van der Waals surface area contributed by atoms with Gasteiger partial charge >= 0.3 is 0 Å². The minimum Gasteiger partial charge on any atom is -0.497 e. The molecule has 3 heterocycles. The molecule has 3 aromatic carbocycles. The highest BCUT2D eigenvalue weighted by molar-refractivity contribution is 6.23. The Kier molecular flexibility index (Phi) is 3.96. The number of carbonyl (C=O) groups excluding carboxylic acids is 3. The van der Waals surface area contributed by atoms with Crippen LogP contribution < -0.4 is 4.74 Å². The van der Waals surface area contributed by atoms with Gasteiger partial charge in [-0.3, -0.25) is 24.2 Å². The standard InChI is InChI=1S/C28H24N2O4/c1-34-18-12-10-16(11-13-18)15-29-26(32)23-21-9-4-14-30(21)28(24(23)27(29)33)20-8-3-6-17-5-2-7-19(22(17)20)25(28)31/h2-3,5-8,10-13,21,23-24H,4,9,14-15H2,1H3/t21-,23+,24-,28+/m0/s1. The SMILES string of the molecule is COc1ccc(CN2C(=O)[C@H]3[C@@H](C2=O)[C@]2(C(=O)c4cccc5cccc2c45)N2CCC[C@@H]32)cc1. The molecule has 6 nitrogen and oxygen atoms in total. The average Bonchev–Trinajstić information content (AvgIpc) is 3.57. The predicted molar refractivity (Wildman–Crippen MR) is 125 cm³/mol. The van der Waals surface area contributed by atoms with E-state index in [-0.39, 0.29) is 30.2 Å². The van der Waals surface area contributed by atoms with Crippen LogP contribution in [0.2, 0.25) is 0 Å². The number of methoxy groups -OCH3 is 1. The van der Waals surface area contributed by atoms with Crippen LogP contribution >= 0.6 is 0 Å². The van der Waals surface area contributed by atoms with E-state index in [0.29, 0.717) is 5.56 Å². The Morgan fingerprint density at radius 1 is 0.971 bits per heavy atom. The zero-order chi connectivity index (χ0) is 23.2. The summed E-state index contributed by atoms with van der Waals surface area (Å²) in [7, 11) is 1.60. The maximum absolute atomic E-state index is 14.2. The molecular weight excluding hydrogens is 428 g/mol. The molecule has 170 valence electrons. The van der Waals surface area contributed by atoms with Crippen molar-refractivity contribution in [1.82, 2.24) is 9.80 Å². The monoisotopic (exact) mass is 452 g/mol. The van der Waals surface area contributed by atoms with Crippen LogP contribution in [0.25, 0.3) is 10.8 Å². The van der Waals surface area contributed by atoms with Crippen molar-refractivity contribution in [2.24, 2.45) is 11.8 Å². The number of ether oxygens (including phenoxy) is 1. The highest BCUT2D eigenvalue weighted by Crippen LogP contribution is 2.61. The molecule has 3 fully saturated rings. The van der Waals surface area contributed by atoms with Gasteiger partial charge < -0.3 is 4.74 Å². The fourth-order valence-electron chi connectivity index (χ4n) is 7.20. The van der Waals surface area contributed by atoms with Gasteiger partial charge in [0.1, 0.15) is 11.3 Å². The van der Waals surface area contributed by atoms with E-state index in [9.17, 15) is 14.4 Å². The van der Waals surface area contributed by atoms with Gasteiger partial charge in [-0.15, -0.1) is 0 Å². The van der Waals surface area contributed by atoms with E-state index in [0.717, 1.165) is 47.0 Å². The Labute approximate surface area is 197 Å². The van der Waals surface area contributed by atoms with Gasteiger partial charge in [0.2, 0.25) is 11.8 Å². The Bertz CT molecular complexity index is 1390. The molecule has 0 unspecified atom stereocenters. The molecule has 0 radical (unpaired) electrons. The lowest BCUT2D eigenvalue weighted by Crippen LogP contribution is -2.53. The lowest BCUT2D eigenvalue weighted by Gasteiger charge is -2.38. The highest BCUT2D eigenvalue weighted by atomic mass is 16.5. The Morgan fingerprint density at radius 3 is 2.50 bits per heavy atom. The summed E-state index contributed by atoms with van der Waals surface area (Å²) in [6.45, 7) is 0.940. The molecule has 0 bridgehead atoms. The molecule has 0 N–H and O–H groups in total. The minimum absolute atomic E-state index is 0.0221. The number of hydrogen-bond acceptors (Lipinski definition) is 5. The maximum atomic E-state index is 14.2. The summed E-state index contributed by atoms with van der Waals surface area (Å²) in [5.41, 5.74) is 1.35. The van der Waals surface area contributed by atoms with Gasteiger partial charge in [0.25, 0.3) is 0 Å². The van der Waals surface area contributed by atoms with E-state index in [1.165, 1.54) is 4.90 Å². The molecule has 6 heteroatoms. The molecular formula is C28H24N2O4. The van der Waals surface area contributed by atoms with Gasteiger partial charge in [0, 0.05) is 11.6 Å². The van der Waals surface area contributed by atoms with E-state index >= 15 is 0 Å². The lowest BCUT2D eigenvalue weighted by atomic mass is 9.74. The first-order valence-corrected chi connectivity index (χ1v) is 11.9. The highest BCUT2D eigenvalue weighted by Gasteiger charge is 2.74. The number of imide groups is 1. The Morgan fingerprint density at radius 2 is 1.74 bits per heavy atom. The van der Waals surface area contributed by atoms with Crippen LogP contribution in [0, 0.1) is 11.8 Å². The molecule has 4 atom stereocenters. The number of fused-ring (bicyclic) bond motifs is 6. The normalized spacial score (nSPS) is 29.5. The summed E-state index contributed by atoms with van der Waals surface area (Å²) in [6, 6.07) is 19.1. The van der Waals surface area contributed by atoms with Crippen LogP contribution in [0.3, 0.4) is 0 Å². The van der Waals surface area contributed by atoms with Gasteiger partial charge in [-0.05, 0) is 53.4 Å². The summed E-state index contributed by atoms with van der Waals surface area (Å²) in [5, 5.41) is 1.95. The largest absolute Gasteiger partial charge is 0.497 e. The van der Waals surface area contributed by atoms with E-state index in [2.05, 4.69) is 4.90 Å².